The fourth-order valence-corrected chi connectivity index (χ4v) is 2.86. The first-order valence-corrected chi connectivity index (χ1v) is 6.22. The third-order valence-corrected chi connectivity index (χ3v) is 4.14. The molecule has 2 atom stereocenters. The number of pyridine rings is 1. The fraction of sp³-hybridized carbons (Fsp3) is 0.417. The maximum Gasteiger partial charge on any atom is 0.147 e. The predicted octanol–water partition coefficient (Wildman–Crippen LogP) is 3.01. The number of aromatic nitrogens is 1. The van der Waals surface area contributed by atoms with Gasteiger partial charge in [0.1, 0.15) is 5.15 Å². The van der Waals surface area contributed by atoms with Gasteiger partial charge in [0, 0.05) is 12.7 Å². The van der Waals surface area contributed by atoms with Crippen LogP contribution in [0.3, 0.4) is 0 Å². The predicted molar refractivity (Wildman–Crippen MR) is 66.7 cm³/mol. The largest absolute Gasteiger partial charge is 0.316 e. The Labute approximate surface area is 105 Å². The topological polar surface area (TPSA) is 24.9 Å². The Kier molecular flexibility index (Phi) is 2.66. The molecule has 3 rings (SSSR count). The van der Waals surface area contributed by atoms with Gasteiger partial charge in [-0.1, -0.05) is 29.3 Å². The van der Waals surface area contributed by atoms with Gasteiger partial charge in [-0.05, 0) is 42.0 Å². The van der Waals surface area contributed by atoms with Crippen LogP contribution in [0.1, 0.15) is 12.0 Å². The lowest BCUT2D eigenvalue weighted by molar-refractivity contribution is 0.536. The van der Waals surface area contributed by atoms with Crippen molar-refractivity contribution in [2.45, 2.75) is 6.42 Å². The van der Waals surface area contributed by atoms with Crippen LogP contribution < -0.4 is 5.32 Å². The summed E-state index contributed by atoms with van der Waals surface area (Å²) in [6.45, 7) is 2.22. The fourth-order valence-electron chi connectivity index (χ4n) is 2.59. The number of fused-ring (bicyclic) bond motifs is 1. The second-order valence-corrected chi connectivity index (χ2v) is 5.24. The molecule has 0 aromatic carbocycles. The van der Waals surface area contributed by atoms with Crippen molar-refractivity contribution in [2.75, 3.05) is 13.1 Å². The molecule has 2 heterocycles. The summed E-state index contributed by atoms with van der Waals surface area (Å²) in [6.07, 6.45) is 5.29. The summed E-state index contributed by atoms with van der Waals surface area (Å²) in [7, 11) is 0. The highest BCUT2D eigenvalue weighted by molar-refractivity contribution is 6.41. The Morgan fingerprint density at radius 3 is 2.94 bits per heavy atom. The van der Waals surface area contributed by atoms with Crippen molar-refractivity contribution in [1.29, 1.82) is 0 Å². The van der Waals surface area contributed by atoms with Crippen molar-refractivity contribution < 1.29 is 0 Å². The number of allylic oxidation sites excluding steroid dienone is 1. The highest BCUT2D eigenvalue weighted by Crippen LogP contribution is 2.38. The van der Waals surface area contributed by atoms with E-state index >= 15 is 0 Å². The minimum absolute atomic E-state index is 0.380. The third kappa shape index (κ3) is 1.75. The molecule has 1 aliphatic heterocycles. The smallest absolute Gasteiger partial charge is 0.147 e. The lowest BCUT2D eigenvalue weighted by Crippen LogP contribution is -2.09. The van der Waals surface area contributed by atoms with Gasteiger partial charge >= 0.3 is 0 Å². The molecule has 1 N–H and O–H groups in total. The Hall–Kier alpha value is -0.570. The van der Waals surface area contributed by atoms with E-state index in [1.165, 1.54) is 5.57 Å². The Balaban J connectivity index is 1.90. The molecule has 0 saturated carbocycles. The molecule has 1 fully saturated rings. The average molecular weight is 255 g/mol. The van der Waals surface area contributed by atoms with E-state index in [9.17, 15) is 0 Å². The number of rotatable bonds is 1. The first-order valence-electron chi connectivity index (χ1n) is 5.47. The second kappa shape index (κ2) is 4.02. The summed E-state index contributed by atoms with van der Waals surface area (Å²) in [5.74, 6) is 1.44. The van der Waals surface area contributed by atoms with Crippen LogP contribution in [0, 0.1) is 11.8 Å². The monoisotopic (exact) mass is 254 g/mol. The van der Waals surface area contributed by atoms with Crippen molar-refractivity contribution in [3.63, 3.8) is 0 Å². The number of hydrogen-bond donors (Lipinski definition) is 1. The first-order chi connectivity index (χ1) is 7.74. The number of hydrogen-bond acceptors (Lipinski definition) is 2. The molecular formula is C12H12Cl2N2. The summed E-state index contributed by atoms with van der Waals surface area (Å²) in [4.78, 5) is 4.09. The molecular weight excluding hydrogens is 243 g/mol. The molecule has 1 aliphatic carbocycles. The van der Waals surface area contributed by atoms with E-state index in [0.717, 1.165) is 31.0 Å². The van der Waals surface area contributed by atoms with E-state index in [4.69, 9.17) is 23.2 Å². The molecule has 84 valence electrons. The normalized spacial score (nSPS) is 28.0. The van der Waals surface area contributed by atoms with Gasteiger partial charge in [0.25, 0.3) is 0 Å². The van der Waals surface area contributed by atoms with Crippen LogP contribution in [-0.4, -0.2) is 18.1 Å². The van der Waals surface area contributed by atoms with Gasteiger partial charge in [0.15, 0.2) is 0 Å². The molecule has 0 spiro atoms. The summed E-state index contributed by atoms with van der Waals surface area (Å²) in [5, 5.41) is 4.33. The first kappa shape index (κ1) is 10.6. The minimum Gasteiger partial charge on any atom is -0.316 e. The van der Waals surface area contributed by atoms with Gasteiger partial charge in [-0.15, -0.1) is 0 Å². The van der Waals surface area contributed by atoms with Crippen LogP contribution in [0.4, 0.5) is 0 Å². The van der Waals surface area contributed by atoms with Crippen LogP contribution >= 0.6 is 23.2 Å². The summed E-state index contributed by atoms with van der Waals surface area (Å²) < 4.78 is 0. The quantitative estimate of drug-likeness (QED) is 0.780. The van der Waals surface area contributed by atoms with Gasteiger partial charge < -0.3 is 5.32 Å². The molecule has 0 unspecified atom stereocenters. The van der Waals surface area contributed by atoms with E-state index in [0.29, 0.717) is 16.1 Å². The van der Waals surface area contributed by atoms with Crippen LogP contribution in [-0.2, 0) is 0 Å². The average Bonchev–Trinajstić information content (AvgIpc) is 2.81. The molecule has 1 aromatic heterocycles. The molecule has 0 radical (unpaired) electrons. The number of nitrogens with zero attached hydrogens (tertiary/aromatic N) is 1. The number of halogens is 2. The number of nitrogens with one attached hydrogen (secondary N) is 1. The zero-order valence-electron chi connectivity index (χ0n) is 8.71. The molecule has 0 bridgehead atoms. The maximum absolute atomic E-state index is 5.98. The maximum atomic E-state index is 5.98. The van der Waals surface area contributed by atoms with Crippen molar-refractivity contribution in [3.8, 4) is 0 Å². The van der Waals surface area contributed by atoms with Gasteiger partial charge in [-0.2, -0.15) is 0 Å². The van der Waals surface area contributed by atoms with Gasteiger partial charge in [0.2, 0.25) is 0 Å². The molecule has 2 aliphatic rings. The zero-order valence-corrected chi connectivity index (χ0v) is 10.2. The summed E-state index contributed by atoms with van der Waals surface area (Å²) >= 11 is 11.8. The van der Waals surface area contributed by atoms with Crippen LogP contribution in [0.15, 0.2) is 18.3 Å². The molecule has 16 heavy (non-hydrogen) atoms. The van der Waals surface area contributed by atoms with Crippen molar-refractivity contribution in [1.82, 2.24) is 10.3 Å². The lowest BCUT2D eigenvalue weighted by Gasteiger charge is -2.06. The van der Waals surface area contributed by atoms with Crippen LogP contribution in [0.2, 0.25) is 10.2 Å². The lowest BCUT2D eigenvalue weighted by atomic mass is 9.99. The molecule has 0 amide bonds. The van der Waals surface area contributed by atoms with Crippen molar-refractivity contribution in [2.24, 2.45) is 11.8 Å². The summed E-state index contributed by atoms with van der Waals surface area (Å²) in [6, 6.07) is 1.91. The highest BCUT2D eigenvalue weighted by atomic mass is 35.5. The SMILES string of the molecule is Clc1cc(C2=C[C@@H]3CNC[C@@H]3C2)cnc1Cl. The Morgan fingerprint density at radius 1 is 1.31 bits per heavy atom. The van der Waals surface area contributed by atoms with Gasteiger partial charge in [-0.25, -0.2) is 4.98 Å². The van der Waals surface area contributed by atoms with Crippen LogP contribution in [0.25, 0.3) is 5.57 Å². The van der Waals surface area contributed by atoms with Crippen molar-refractivity contribution >= 4 is 28.8 Å². The van der Waals surface area contributed by atoms with Crippen LogP contribution in [0.5, 0.6) is 0 Å². The third-order valence-electron chi connectivity index (χ3n) is 3.46. The summed E-state index contributed by atoms with van der Waals surface area (Å²) in [5.41, 5.74) is 2.48. The second-order valence-electron chi connectivity index (χ2n) is 4.47. The van der Waals surface area contributed by atoms with E-state index in [1.807, 2.05) is 12.3 Å². The zero-order chi connectivity index (χ0) is 11.1. The molecule has 1 aromatic rings. The van der Waals surface area contributed by atoms with E-state index < -0.39 is 0 Å². The minimum atomic E-state index is 0.380. The standard InChI is InChI=1S/C12H12Cl2N2/c13-11-3-10(6-16-12(11)14)7-1-8-4-15-5-9(8)2-7/h1,3,6,8-9,15H,2,4-5H2/t8-,9+/m1/s1. The van der Waals surface area contributed by atoms with Gasteiger partial charge in [-0.3, -0.25) is 0 Å². The molecule has 1 saturated heterocycles. The highest BCUT2D eigenvalue weighted by Gasteiger charge is 2.31. The van der Waals surface area contributed by atoms with Crippen molar-refractivity contribution in [3.05, 3.63) is 34.1 Å². The van der Waals surface area contributed by atoms with E-state index in [1.54, 1.807) is 0 Å². The molecule has 2 nitrogen and oxygen atoms in total. The van der Waals surface area contributed by atoms with E-state index in [2.05, 4.69) is 16.4 Å². The van der Waals surface area contributed by atoms with E-state index in [-0.39, 0.29) is 0 Å². The Morgan fingerprint density at radius 2 is 2.19 bits per heavy atom. The van der Waals surface area contributed by atoms with Gasteiger partial charge in [0.05, 0.1) is 5.02 Å². The molecule has 4 heteroatoms. The Bertz CT molecular complexity index is 456.